The van der Waals surface area contributed by atoms with E-state index in [0.29, 0.717) is 5.88 Å². The van der Waals surface area contributed by atoms with Crippen molar-refractivity contribution < 1.29 is 0 Å². The van der Waals surface area contributed by atoms with E-state index in [1.54, 1.807) is 0 Å². The fourth-order valence-corrected chi connectivity index (χ4v) is 2.70. The van der Waals surface area contributed by atoms with Crippen LogP contribution in [0.25, 0.3) is 0 Å². The smallest absolute Gasteiger partial charge is 0.203 e. The Balaban J connectivity index is 2.78. The van der Waals surface area contributed by atoms with Crippen LogP contribution in [0.15, 0.2) is 0 Å². The molecule has 0 saturated carbocycles. The third-order valence-electron chi connectivity index (χ3n) is 2.93. The van der Waals surface area contributed by atoms with E-state index in [9.17, 15) is 0 Å². The number of alkyl halides is 1. The Morgan fingerprint density at radius 3 is 2.35 bits per heavy atom. The second kappa shape index (κ2) is 5.53. The number of aromatic nitrogens is 2. The van der Waals surface area contributed by atoms with Gasteiger partial charge in [-0.3, -0.25) is 0 Å². The van der Waals surface area contributed by atoms with Gasteiger partial charge in [0, 0.05) is 28.4 Å². The van der Waals surface area contributed by atoms with Gasteiger partial charge in [-0.1, -0.05) is 27.7 Å². The maximum Gasteiger partial charge on any atom is 0.203 e. The van der Waals surface area contributed by atoms with Crippen molar-refractivity contribution in [1.29, 1.82) is 0 Å². The maximum atomic E-state index is 5.84. The highest BCUT2D eigenvalue weighted by molar-refractivity contribution is 7.09. The summed E-state index contributed by atoms with van der Waals surface area (Å²) >= 11 is 7.27. The molecule has 0 fully saturated rings. The van der Waals surface area contributed by atoms with Gasteiger partial charge in [0.25, 0.3) is 0 Å². The number of hydrogen-bond donors (Lipinski definition) is 1. The van der Waals surface area contributed by atoms with Gasteiger partial charge in [-0.15, -0.1) is 11.6 Å². The van der Waals surface area contributed by atoms with Crippen LogP contribution in [0.5, 0.6) is 0 Å². The molecule has 1 N–H and O–H groups in total. The summed E-state index contributed by atoms with van der Waals surface area (Å²) in [6.45, 7) is 10.7. The summed E-state index contributed by atoms with van der Waals surface area (Å²) in [6, 6.07) is 0. The van der Waals surface area contributed by atoms with Crippen molar-refractivity contribution in [2.75, 3.05) is 11.2 Å². The molecule has 0 aliphatic carbocycles. The highest BCUT2D eigenvalue weighted by atomic mass is 35.5. The molecule has 1 rings (SSSR count). The molecule has 3 nitrogen and oxygen atoms in total. The molecule has 17 heavy (non-hydrogen) atoms. The average molecular weight is 276 g/mol. The first-order valence-electron chi connectivity index (χ1n) is 5.99. The van der Waals surface area contributed by atoms with E-state index in [4.69, 9.17) is 11.6 Å². The maximum absolute atomic E-state index is 5.84. The molecule has 98 valence electrons. The van der Waals surface area contributed by atoms with Crippen LogP contribution in [-0.4, -0.2) is 20.8 Å². The van der Waals surface area contributed by atoms with E-state index in [-0.39, 0.29) is 11.0 Å². The molecule has 0 amide bonds. The van der Waals surface area contributed by atoms with E-state index in [1.807, 2.05) is 0 Å². The van der Waals surface area contributed by atoms with Crippen molar-refractivity contribution in [1.82, 2.24) is 9.36 Å². The van der Waals surface area contributed by atoms with Crippen LogP contribution in [0.1, 0.15) is 53.3 Å². The van der Waals surface area contributed by atoms with Gasteiger partial charge in [-0.05, 0) is 19.8 Å². The summed E-state index contributed by atoms with van der Waals surface area (Å²) in [5.74, 6) is 1.55. The Bertz CT molecular complexity index is 359. The van der Waals surface area contributed by atoms with Crippen molar-refractivity contribution in [3.05, 3.63) is 5.82 Å². The van der Waals surface area contributed by atoms with Crippen molar-refractivity contribution >= 4 is 28.3 Å². The normalized spacial score (nSPS) is 15.6. The lowest BCUT2D eigenvalue weighted by Gasteiger charge is -2.28. The molecular formula is C12H22ClN3S. The number of rotatable bonds is 5. The van der Waals surface area contributed by atoms with Gasteiger partial charge in [0.05, 0.1) is 0 Å². The van der Waals surface area contributed by atoms with Crippen LogP contribution in [-0.2, 0) is 5.41 Å². The summed E-state index contributed by atoms with van der Waals surface area (Å²) in [6.07, 6.45) is 1.94. The molecular weight excluding hydrogens is 254 g/mol. The zero-order chi connectivity index (χ0) is 13.1. The largest absolute Gasteiger partial charge is 0.355 e. The van der Waals surface area contributed by atoms with Crippen LogP contribution in [0.2, 0.25) is 0 Å². The van der Waals surface area contributed by atoms with Gasteiger partial charge < -0.3 is 5.32 Å². The number of nitrogens with one attached hydrogen (secondary N) is 1. The first-order valence-corrected chi connectivity index (χ1v) is 7.30. The van der Waals surface area contributed by atoms with Crippen LogP contribution in [0.3, 0.4) is 0 Å². The molecule has 0 radical (unpaired) electrons. The number of nitrogens with zero attached hydrogens (tertiary/aromatic N) is 2. The lowest BCUT2D eigenvalue weighted by molar-refractivity contribution is 0.479. The van der Waals surface area contributed by atoms with E-state index in [1.165, 1.54) is 11.5 Å². The summed E-state index contributed by atoms with van der Waals surface area (Å²) in [7, 11) is 0. The minimum atomic E-state index is 0.00549. The van der Waals surface area contributed by atoms with Crippen molar-refractivity contribution in [2.45, 2.75) is 58.4 Å². The van der Waals surface area contributed by atoms with Crippen molar-refractivity contribution in [2.24, 2.45) is 0 Å². The molecule has 0 aromatic carbocycles. The molecule has 0 bridgehead atoms. The van der Waals surface area contributed by atoms with Gasteiger partial charge in [0.2, 0.25) is 5.13 Å². The molecule has 0 spiro atoms. The number of anilines is 1. The van der Waals surface area contributed by atoms with Gasteiger partial charge in [-0.2, -0.15) is 4.37 Å². The molecule has 1 aromatic heterocycles. The fraction of sp³-hybridized carbons (Fsp3) is 0.833. The highest BCUT2D eigenvalue weighted by Gasteiger charge is 2.25. The van der Waals surface area contributed by atoms with Crippen molar-refractivity contribution in [3.63, 3.8) is 0 Å². The Kier molecular flexibility index (Phi) is 4.78. The molecule has 5 heteroatoms. The summed E-state index contributed by atoms with van der Waals surface area (Å²) in [4.78, 5) is 4.55. The fourth-order valence-electron chi connectivity index (χ4n) is 1.37. The van der Waals surface area contributed by atoms with Gasteiger partial charge in [0.15, 0.2) is 0 Å². The monoisotopic (exact) mass is 275 g/mol. The number of hydrogen-bond acceptors (Lipinski definition) is 4. The first-order chi connectivity index (χ1) is 7.80. The van der Waals surface area contributed by atoms with Crippen LogP contribution >= 0.6 is 23.1 Å². The topological polar surface area (TPSA) is 37.8 Å². The zero-order valence-corrected chi connectivity index (χ0v) is 12.9. The van der Waals surface area contributed by atoms with Crippen LogP contribution in [0, 0.1) is 0 Å². The van der Waals surface area contributed by atoms with E-state index >= 15 is 0 Å². The van der Waals surface area contributed by atoms with Crippen molar-refractivity contribution in [3.8, 4) is 0 Å². The predicted octanol–water partition coefficient (Wildman–Crippen LogP) is 4.05. The number of halogens is 1. The first kappa shape index (κ1) is 14.7. The summed E-state index contributed by atoms with van der Waals surface area (Å²) in [5.41, 5.74) is 0.0158. The Morgan fingerprint density at radius 1 is 1.29 bits per heavy atom. The molecule has 0 aliphatic rings. The minimum absolute atomic E-state index is 0.00549. The Morgan fingerprint density at radius 2 is 1.94 bits per heavy atom. The highest BCUT2D eigenvalue weighted by Crippen LogP contribution is 2.27. The second-order valence-electron chi connectivity index (χ2n) is 5.65. The summed E-state index contributed by atoms with van der Waals surface area (Å²) in [5, 5.41) is 4.35. The summed E-state index contributed by atoms with van der Waals surface area (Å²) < 4.78 is 4.40. The van der Waals surface area contributed by atoms with Gasteiger partial charge in [0.1, 0.15) is 5.82 Å². The molecule has 1 heterocycles. The lowest BCUT2D eigenvalue weighted by Crippen LogP contribution is -2.34. The van der Waals surface area contributed by atoms with E-state index in [2.05, 4.69) is 49.3 Å². The molecule has 1 aromatic rings. The third kappa shape index (κ3) is 4.11. The third-order valence-corrected chi connectivity index (χ3v) is 3.75. The molecule has 1 atom stereocenters. The minimum Gasteiger partial charge on any atom is -0.355 e. The standard InChI is InChI=1S/C12H22ClN3S/c1-6-12(5,7-8-13)15-10-14-9(16-17-10)11(2,3)4/h6-8H2,1-5H3,(H,14,15,16). The second-order valence-corrected chi connectivity index (χ2v) is 6.78. The van der Waals surface area contributed by atoms with Gasteiger partial charge >= 0.3 is 0 Å². The average Bonchev–Trinajstić information content (AvgIpc) is 2.66. The van der Waals surface area contributed by atoms with Crippen LogP contribution < -0.4 is 5.32 Å². The predicted molar refractivity (Wildman–Crippen MR) is 76.3 cm³/mol. The molecule has 0 saturated heterocycles. The van der Waals surface area contributed by atoms with Crippen LogP contribution in [0.4, 0.5) is 5.13 Å². The zero-order valence-electron chi connectivity index (χ0n) is 11.3. The lowest BCUT2D eigenvalue weighted by atomic mass is 9.95. The van der Waals surface area contributed by atoms with E-state index in [0.717, 1.165) is 23.8 Å². The molecule has 1 unspecified atom stereocenters. The Hall–Kier alpha value is -0.350. The SMILES string of the molecule is CCC(C)(CCCl)Nc1nc(C(C)(C)C)ns1. The Labute approximate surface area is 113 Å². The quantitative estimate of drug-likeness (QED) is 0.824. The van der Waals surface area contributed by atoms with Gasteiger partial charge in [-0.25, -0.2) is 4.98 Å². The molecule has 0 aliphatic heterocycles. The van der Waals surface area contributed by atoms with E-state index < -0.39 is 0 Å².